The summed E-state index contributed by atoms with van der Waals surface area (Å²) < 4.78 is 1.56. The Hall–Kier alpha value is -2.86. The van der Waals surface area contributed by atoms with Crippen molar-refractivity contribution in [2.75, 3.05) is 26.0 Å². The molecule has 0 fully saturated rings. The van der Waals surface area contributed by atoms with Crippen molar-refractivity contribution in [3.8, 4) is 11.7 Å². The number of aromatic nitrogens is 3. The highest BCUT2D eigenvalue weighted by atomic mass is 16.3. The molecule has 2 aromatic heterocycles. The van der Waals surface area contributed by atoms with Gasteiger partial charge in [0.05, 0.1) is 5.69 Å². The molecule has 1 aliphatic rings. The number of fused-ring (bicyclic) bond motifs is 1. The van der Waals surface area contributed by atoms with Gasteiger partial charge in [-0.15, -0.1) is 0 Å². The van der Waals surface area contributed by atoms with E-state index in [-0.39, 0.29) is 5.88 Å². The Morgan fingerprint density at radius 2 is 1.89 bits per heavy atom. The van der Waals surface area contributed by atoms with Gasteiger partial charge in [-0.05, 0) is 56.1 Å². The number of rotatable bonds is 5. The van der Waals surface area contributed by atoms with Crippen LogP contribution in [0.2, 0.25) is 0 Å². The second kappa shape index (κ2) is 7.64. The molecular formula is C22H27N5O. The molecule has 2 heterocycles. The number of nitrogens with zero attached hydrogens (tertiary/aromatic N) is 5. The van der Waals surface area contributed by atoms with E-state index in [1.165, 1.54) is 11.3 Å². The van der Waals surface area contributed by atoms with Crippen LogP contribution in [0.15, 0.2) is 48.7 Å². The van der Waals surface area contributed by atoms with Gasteiger partial charge in [0.2, 0.25) is 5.88 Å². The van der Waals surface area contributed by atoms with Crippen LogP contribution in [0.25, 0.3) is 5.82 Å². The lowest BCUT2D eigenvalue weighted by molar-refractivity contribution is 0.212. The van der Waals surface area contributed by atoms with Gasteiger partial charge >= 0.3 is 0 Å². The van der Waals surface area contributed by atoms with Gasteiger partial charge in [0.25, 0.3) is 0 Å². The SMILES string of the molecule is CN(C)c1ccc(CN(C)C2CCc3nn(-c4ccccn4)c(O)c3C2)cc1. The van der Waals surface area contributed by atoms with Gasteiger partial charge < -0.3 is 10.0 Å². The summed E-state index contributed by atoms with van der Waals surface area (Å²) >= 11 is 0. The molecule has 1 unspecified atom stereocenters. The van der Waals surface area contributed by atoms with E-state index in [0.29, 0.717) is 11.9 Å². The van der Waals surface area contributed by atoms with Crippen molar-refractivity contribution in [2.45, 2.75) is 31.8 Å². The first kappa shape index (κ1) is 18.5. The monoisotopic (exact) mass is 377 g/mol. The van der Waals surface area contributed by atoms with Crippen LogP contribution in [-0.2, 0) is 19.4 Å². The van der Waals surface area contributed by atoms with Crippen LogP contribution in [0.5, 0.6) is 5.88 Å². The van der Waals surface area contributed by atoms with Crippen molar-refractivity contribution in [2.24, 2.45) is 0 Å². The lowest BCUT2D eigenvalue weighted by Gasteiger charge is -2.31. The number of aryl methyl sites for hydroxylation is 1. The molecule has 0 saturated heterocycles. The van der Waals surface area contributed by atoms with Crippen LogP contribution < -0.4 is 4.90 Å². The van der Waals surface area contributed by atoms with Crippen molar-refractivity contribution >= 4 is 5.69 Å². The average molecular weight is 377 g/mol. The maximum atomic E-state index is 10.7. The maximum absolute atomic E-state index is 10.7. The number of aromatic hydroxyl groups is 1. The second-order valence-electron chi connectivity index (χ2n) is 7.72. The van der Waals surface area contributed by atoms with Crippen LogP contribution in [0.1, 0.15) is 23.2 Å². The molecule has 0 bridgehead atoms. The lowest BCUT2D eigenvalue weighted by atomic mass is 9.92. The summed E-state index contributed by atoms with van der Waals surface area (Å²) in [4.78, 5) is 8.80. The van der Waals surface area contributed by atoms with Gasteiger partial charge in [0.1, 0.15) is 0 Å². The van der Waals surface area contributed by atoms with E-state index in [4.69, 9.17) is 0 Å². The van der Waals surface area contributed by atoms with Gasteiger partial charge in [-0.25, -0.2) is 4.98 Å². The quantitative estimate of drug-likeness (QED) is 0.741. The Bertz CT molecular complexity index is 934. The number of likely N-dealkylation sites (N-methyl/N-ethyl adjacent to an activating group) is 1. The fourth-order valence-electron chi connectivity index (χ4n) is 3.87. The van der Waals surface area contributed by atoms with Crippen molar-refractivity contribution in [1.29, 1.82) is 0 Å². The molecule has 0 aliphatic heterocycles. The predicted molar refractivity (Wildman–Crippen MR) is 111 cm³/mol. The third-order valence-electron chi connectivity index (χ3n) is 5.57. The lowest BCUT2D eigenvalue weighted by Crippen LogP contribution is -2.35. The van der Waals surface area contributed by atoms with Gasteiger partial charge in [-0.2, -0.15) is 9.78 Å². The van der Waals surface area contributed by atoms with E-state index < -0.39 is 0 Å². The Balaban J connectivity index is 1.48. The first-order chi connectivity index (χ1) is 13.5. The van der Waals surface area contributed by atoms with Gasteiger partial charge in [0, 0.05) is 44.1 Å². The van der Waals surface area contributed by atoms with E-state index in [2.05, 4.69) is 65.3 Å². The van der Waals surface area contributed by atoms with E-state index in [0.717, 1.165) is 37.1 Å². The molecule has 1 aliphatic carbocycles. The van der Waals surface area contributed by atoms with Crippen molar-refractivity contribution in [3.05, 3.63) is 65.5 Å². The fraction of sp³-hybridized carbons (Fsp3) is 0.364. The highest BCUT2D eigenvalue weighted by Gasteiger charge is 2.28. The zero-order valence-electron chi connectivity index (χ0n) is 16.7. The summed E-state index contributed by atoms with van der Waals surface area (Å²) in [5, 5.41) is 15.3. The van der Waals surface area contributed by atoms with E-state index in [9.17, 15) is 5.11 Å². The molecule has 0 spiro atoms. The Kier molecular flexibility index (Phi) is 5.05. The number of benzene rings is 1. The number of hydrogen-bond donors (Lipinski definition) is 1. The van der Waals surface area contributed by atoms with Gasteiger partial charge in [0.15, 0.2) is 5.82 Å². The summed E-state index contributed by atoms with van der Waals surface area (Å²) in [5.41, 5.74) is 4.45. The summed E-state index contributed by atoms with van der Waals surface area (Å²) in [6, 6.07) is 14.7. The van der Waals surface area contributed by atoms with Gasteiger partial charge in [-0.3, -0.25) is 4.90 Å². The topological polar surface area (TPSA) is 57.4 Å². The molecule has 3 aromatic rings. The van der Waals surface area contributed by atoms with E-state index in [1.54, 1.807) is 10.9 Å². The molecule has 146 valence electrons. The van der Waals surface area contributed by atoms with E-state index in [1.807, 2.05) is 18.2 Å². The third kappa shape index (κ3) is 3.60. The molecular weight excluding hydrogens is 350 g/mol. The van der Waals surface area contributed by atoms with Crippen molar-refractivity contribution in [1.82, 2.24) is 19.7 Å². The van der Waals surface area contributed by atoms with Crippen LogP contribution in [0.4, 0.5) is 5.69 Å². The number of anilines is 1. The minimum absolute atomic E-state index is 0.224. The first-order valence-electron chi connectivity index (χ1n) is 9.70. The van der Waals surface area contributed by atoms with Crippen molar-refractivity contribution < 1.29 is 5.11 Å². The molecule has 4 rings (SSSR count). The largest absolute Gasteiger partial charge is 0.493 e. The minimum atomic E-state index is 0.224. The molecule has 0 saturated carbocycles. The zero-order valence-corrected chi connectivity index (χ0v) is 16.7. The van der Waals surface area contributed by atoms with Crippen LogP contribution in [0.3, 0.4) is 0 Å². The van der Waals surface area contributed by atoms with Crippen LogP contribution in [-0.4, -0.2) is 52.0 Å². The molecule has 1 aromatic carbocycles. The molecule has 1 atom stereocenters. The summed E-state index contributed by atoms with van der Waals surface area (Å²) in [6.45, 7) is 0.892. The molecule has 0 amide bonds. The van der Waals surface area contributed by atoms with Gasteiger partial charge in [-0.1, -0.05) is 18.2 Å². The smallest absolute Gasteiger partial charge is 0.219 e. The number of pyridine rings is 1. The van der Waals surface area contributed by atoms with Crippen LogP contribution >= 0.6 is 0 Å². The van der Waals surface area contributed by atoms with Crippen molar-refractivity contribution in [3.63, 3.8) is 0 Å². The highest BCUT2D eigenvalue weighted by molar-refractivity contribution is 5.46. The third-order valence-corrected chi connectivity index (χ3v) is 5.57. The first-order valence-corrected chi connectivity index (χ1v) is 9.70. The Morgan fingerprint density at radius 3 is 2.57 bits per heavy atom. The highest BCUT2D eigenvalue weighted by Crippen LogP contribution is 2.32. The normalized spacial score (nSPS) is 16.2. The molecule has 0 radical (unpaired) electrons. The molecule has 1 N–H and O–H groups in total. The molecule has 28 heavy (non-hydrogen) atoms. The summed E-state index contributed by atoms with van der Waals surface area (Å²) in [5.74, 6) is 0.877. The maximum Gasteiger partial charge on any atom is 0.219 e. The standard InChI is InChI=1S/C22H27N5O/c1-25(2)17-9-7-16(8-10-17)15-26(3)18-11-12-20-19(14-18)22(28)27(24-20)21-6-4-5-13-23-21/h4-10,13,18,28H,11-12,14-15H2,1-3H3. The van der Waals surface area contributed by atoms with E-state index >= 15 is 0 Å². The van der Waals surface area contributed by atoms with Crippen LogP contribution in [0, 0.1) is 0 Å². The average Bonchev–Trinajstić information content (AvgIpc) is 3.05. The Labute approximate surface area is 166 Å². The minimum Gasteiger partial charge on any atom is -0.493 e. The summed E-state index contributed by atoms with van der Waals surface area (Å²) in [6.07, 6.45) is 4.43. The molecule has 6 nitrogen and oxygen atoms in total. The predicted octanol–water partition coefficient (Wildman–Crippen LogP) is 3.03. The number of hydrogen-bond acceptors (Lipinski definition) is 5. The Morgan fingerprint density at radius 1 is 1.11 bits per heavy atom. The molecule has 6 heteroatoms. The fourth-order valence-corrected chi connectivity index (χ4v) is 3.87. The zero-order chi connectivity index (χ0) is 19.7. The second-order valence-corrected chi connectivity index (χ2v) is 7.72. The summed E-state index contributed by atoms with van der Waals surface area (Å²) in [7, 11) is 6.27.